The lowest BCUT2D eigenvalue weighted by Gasteiger charge is -2.36. The maximum absolute atomic E-state index is 11.5. The van der Waals surface area contributed by atoms with Crippen LogP contribution in [0.5, 0.6) is 0 Å². The number of quaternary nitrogens is 1. The van der Waals surface area contributed by atoms with Gasteiger partial charge in [-0.25, -0.2) is 0 Å². The third-order valence-electron chi connectivity index (χ3n) is 2.63. The summed E-state index contributed by atoms with van der Waals surface area (Å²) in [5.74, 6) is 0.319. The van der Waals surface area contributed by atoms with E-state index in [1.807, 2.05) is 7.05 Å². The van der Waals surface area contributed by atoms with Gasteiger partial charge < -0.3 is 4.48 Å². The van der Waals surface area contributed by atoms with Crippen LogP contribution in [0.3, 0.4) is 0 Å². The summed E-state index contributed by atoms with van der Waals surface area (Å²) < 4.78 is 41.8. The molecule has 1 aliphatic heterocycles. The molecule has 0 amide bonds. The average molecular weight is 256 g/mol. The first-order valence-electron chi connectivity index (χ1n) is 4.94. The van der Waals surface area contributed by atoms with Crippen LogP contribution in [0.25, 0.3) is 0 Å². The first-order chi connectivity index (χ1) is 6.81. The van der Waals surface area contributed by atoms with Gasteiger partial charge in [-0.3, -0.25) is 8.76 Å². The summed E-state index contributed by atoms with van der Waals surface area (Å²) in [7, 11) is -3.62. The normalized spacial score (nSPS) is 23.6. The molecule has 1 N–H and O–H groups in total. The number of nitrogens with zero attached hydrogens (tertiary/aromatic N) is 1. The monoisotopic (exact) mass is 256 g/mol. The van der Waals surface area contributed by atoms with Gasteiger partial charge in [-0.15, -0.1) is 0 Å². The summed E-state index contributed by atoms with van der Waals surface area (Å²) in [5, 5.41) is -0.638. The largest absolute Gasteiger partial charge is 0.315 e. The topological polar surface area (TPSA) is 71.4 Å². The van der Waals surface area contributed by atoms with Crippen molar-refractivity contribution in [2.75, 3.05) is 31.1 Å². The molecule has 0 aromatic carbocycles. The van der Waals surface area contributed by atoms with Crippen molar-refractivity contribution in [3.05, 3.63) is 0 Å². The van der Waals surface area contributed by atoms with Gasteiger partial charge in [0, 0.05) is 0 Å². The zero-order chi connectivity index (χ0) is 11.5. The van der Waals surface area contributed by atoms with Crippen LogP contribution >= 0.6 is 0 Å². The minimum absolute atomic E-state index is 0.319. The van der Waals surface area contributed by atoms with Crippen molar-refractivity contribution in [2.24, 2.45) is 0 Å². The molecule has 1 saturated heterocycles. The number of rotatable bonds is 4. The summed E-state index contributed by atoms with van der Waals surface area (Å²) in [6, 6.07) is 0. The molecular weight excluding hydrogens is 238 g/mol. The fourth-order valence-electron chi connectivity index (χ4n) is 1.96. The molecule has 0 bridgehead atoms. The maximum atomic E-state index is 11.5. The molecule has 0 radical (unpaired) electrons. The van der Waals surface area contributed by atoms with Gasteiger partial charge in [0.1, 0.15) is 0 Å². The lowest BCUT2D eigenvalue weighted by molar-refractivity contribution is -0.902. The first kappa shape index (κ1) is 13.1. The van der Waals surface area contributed by atoms with Crippen LogP contribution in [0.1, 0.15) is 19.3 Å². The molecule has 0 aromatic heterocycles. The second-order valence-electron chi connectivity index (χ2n) is 4.40. The molecule has 7 heteroatoms. The van der Waals surface area contributed by atoms with Crippen LogP contribution in [0.2, 0.25) is 0 Å². The Balaban J connectivity index is 2.49. The molecule has 0 saturated carbocycles. The maximum Gasteiger partial charge on any atom is 0.277 e. The highest BCUT2D eigenvalue weighted by Gasteiger charge is 2.28. The number of piperidine rings is 1. The number of hydrogen-bond donors (Lipinski definition) is 1. The van der Waals surface area contributed by atoms with Crippen molar-refractivity contribution in [1.29, 1.82) is 0 Å². The predicted molar refractivity (Wildman–Crippen MR) is 59.2 cm³/mol. The van der Waals surface area contributed by atoms with Crippen LogP contribution < -0.4 is 0 Å². The molecule has 90 valence electrons. The van der Waals surface area contributed by atoms with E-state index in [0.29, 0.717) is 10.4 Å². The van der Waals surface area contributed by atoms with E-state index in [0.717, 1.165) is 25.9 Å². The van der Waals surface area contributed by atoms with Crippen LogP contribution in [-0.4, -0.2) is 52.8 Å². The van der Waals surface area contributed by atoms with Gasteiger partial charge >= 0.3 is 0 Å². The van der Waals surface area contributed by atoms with E-state index < -0.39 is 26.0 Å². The van der Waals surface area contributed by atoms with Gasteiger partial charge in [-0.1, -0.05) is 0 Å². The smallest absolute Gasteiger partial charge is 0.277 e. The van der Waals surface area contributed by atoms with E-state index in [2.05, 4.69) is 0 Å². The Morgan fingerprint density at radius 1 is 1.27 bits per heavy atom. The Bertz CT molecular complexity index is 333. The minimum Gasteiger partial charge on any atom is -0.315 e. The van der Waals surface area contributed by atoms with Crippen LogP contribution in [0.15, 0.2) is 0 Å². The molecule has 1 rings (SSSR count). The van der Waals surface area contributed by atoms with Gasteiger partial charge in [0.15, 0.2) is 11.0 Å². The second kappa shape index (κ2) is 4.90. The van der Waals surface area contributed by atoms with Crippen molar-refractivity contribution >= 4 is 20.9 Å². The highest BCUT2D eigenvalue weighted by molar-refractivity contribution is 8.02. The quantitative estimate of drug-likeness (QED) is 0.575. The van der Waals surface area contributed by atoms with Gasteiger partial charge in [-0.2, -0.15) is 8.42 Å². The van der Waals surface area contributed by atoms with Crippen molar-refractivity contribution in [3.8, 4) is 0 Å². The molecule has 0 spiro atoms. The van der Waals surface area contributed by atoms with Gasteiger partial charge in [0.05, 0.1) is 30.9 Å². The van der Waals surface area contributed by atoms with E-state index in [1.165, 1.54) is 6.42 Å². The minimum atomic E-state index is -4.11. The lowest BCUT2D eigenvalue weighted by atomic mass is 10.1. The van der Waals surface area contributed by atoms with Gasteiger partial charge in [0.25, 0.3) is 10.1 Å². The Morgan fingerprint density at radius 2 is 1.80 bits per heavy atom. The fourth-order valence-corrected chi connectivity index (χ4v) is 4.54. The Labute approximate surface area is 93.3 Å². The van der Waals surface area contributed by atoms with Crippen LogP contribution in [0.4, 0.5) is 0 Å². The molecule has 15 heavy (non-hydrogen) atoms. The van der Waals surface area contributed by atoms with Crippen LogP contribution in [-0.2, 0) is 20.9 Å². The molecule has 1 aliphatic rings. The van der Waals surface area contributed by atoms with Crippen molar-refractivity contribution in [2.45, 2.75) is 19.3 Å². The fraction of sp³-hybridized carbons (Fsp3) is 1.00. The average Bonchev–Trinajstić information content (AvgIpc) is 1.99. The summed E-state index contributed by atoms with van der Waals surface area (Å²) in [6.07, 6.45) is 3.39. The Kier molecular flexibility index (Phi) is 4.28. The van der Waals surface area contributed by atoms with Gasteiger partial charge in [-0.05, 0) is 19.3 Å². The summed E-state index contributed by atoms with van der Waals surface area (Å²) >= 11 is 0. The predicted octanol–water partition coefficient (Wildman–Crippen LogP) is 0.168. The summed E-state index contributed by atoms with van der Waals surface area (Å²) in [5.41, 5.74) is 0. The van der Waals surface area contributed by atoms with E-state index >= 15 is 0 Å². The standard InChI is InChI=1S/C8H17NO4S2/c1-9(5-3-2-4-6-9)7-14(10)8-15(11,12)13/h2-8H2,1H3/p+1. The lowest BCUT2D eigenvalue weighted by Crippen LogP contribution is -2.50. The first-order valence-corrected chi connectivity index (χ1v) is 8.04. The van der Waals surface area contributed by atoms with Crippen molar-refractivity contribution < 1.29 is 21.7 Å². The number of hydrogen-bond acceptors (Lipinski definition) is 3. The highest BCUT2D eigenvalue weighted by atomic mass is 32.3. The van der Waals surface area contributed by atoms with E-state index in [4.69, 9.17) is 4.55 Å². The van der Waals surface area contributed by atoms with E-state index in [1.54, 1.807) is 0 Å². The van der Waals surface area contributed by atoms with Crippen molar-refractivity contribution in [3.63, 3.8) is 0 Å². The second-order valence-corrected chi connectivity index (χ2v) is 7.64. The molecule has 0 aliphatic carbocycles. The molecular formula is C8H18NO4S2+. The molecule has 1 unspecified atom stereocenters. The molecule has 1 fully saturated rings. The SMILES string of the molecule is C[N+]1(CS(=O)CS(=O)(=O)O)CCCCC1. The molecule has 0 aromatic rings. The Morgan fingerprint density at radius 3 is 2.27 bits per heavy atom. The van der Waals surface area contributed by atoms with Crippen molar-refractivity contribution in [1.82, 2.24) is 0 Å². The third kappa shape index (κ3) is 5.05. The van der Waals surface area contributed by atoms with Gasteiger partial charge in [0.2, 0.25) is 0 Å². The Hall–Kier alpha value is 0.0200. The third-order valence-corrected chi connectivity index (χ3v) is 5.79. The number of likely N-dealkylation sites (tertiary alicyclic amines) is 1. The highest BCUT2D eigenvalue weighted by Crippen LogP contribution is 2.16. The molecule has 1 atom stereocenters. The zero-order valence-electron chi connectivity index (χ0n) is 8.89. The summed E-state index contributed by atoms with van der Waals surface area (Å²) in [4.78, 5) is 0. The van der Waals surface area contributed by atoms with E-state index in [9.17, 15) is 12.6 Å². The molecule has 5 nitrogen and oxygen atoms in total. The van der Waals surface area contributed by atoms with Crippen LogP contribution in [0, 0.1) is 0 Å². The summed E-state index contributed by atoms with van der Waals surface area (Å²) in [6.45, 7) is 1.88. The van der Waals surface area contributed by atoms with E-state index in [-0.39, 0.29) is 0 Å². The molecule has 1 heterocycles. The zero-order valence-corrected chi connectivity index (χ0v) is 10.5.